The molecular formula is C15H18N2O. The van der Waals surface area contributed by atoms with Crippen LogP contribution in [0.5, 0.6) is 0 Å². The van der Waals surface area contributed by atoms with Crippen molar-refractivity contribution in [1.82, 2.24) is 4.90 Å². The molecule has 2 aliphatic rings. The monoisotopic (exact) mass is 242 g/mol. The third kappa shape index (κ3) is 1.36. The standard InChI is InChI=1S/C15H18N2O/c1-17-9-8-15(18,11-17)14(10-16)7-6-12-4-2-3-5-13(12)14/h2-5,18H,6-9,11H2,1H3. The first kappa shape index (κ1) is 11.7. The maximum atomic E-state index is 11.0. The van der Waals surface area contributed by atoms with Crippen molar-refractivity contribution in [3.05, 3.63) is 35.4 Å². The van der Waals surface area contributed by atoms with Gasteiger partial charge in [0.15, 0.2) is 0 Å². The maximum absolute atomic E-state index is 11.0. The molecular weight excluding hydrogens is 224 g/mol. The highest BCUT2D eigenvalue weighted by atomic mass is 16.3. The van der Waals surface area contributed by atoms with E-state index in [1.54, 1.807) is 0 Å². The summed E-state index contributed by atoms with van der Waals surface area (Å²) in [5, 5.41) is 20.7. The Balaban J connectivity index is 2.11. The number of nitriles is 1. The van der Waals surface area contributed by atoms with Gasteiger partial charge in [-0.05, 0) is 37.4 Å². The zero-order valence-corrected chi connectivity index (χ0v) is 10.7. The number of β-amino-alcohol motifs (C(OH)–C–C–N with tert-alkyl or cyclic N) is 1. The Morgan fingerprint density at radius 1 is 1.33 bits per heavy atom. The number of likely N-dealkylation sites (tertiary alicyclic amines) is 1. The summed E-state index contributed by atoms with van der Waals surface area (Å²) in [6.45, 7) is 1.46. The topological polar surface area (TPSA) is 47.3 Å². The van der Waals surface area contributed by atoms with Crippen LogP contribution in [-0.4, -0.2) is 35.7 Å². The van der Waals surface area contributed by atoms with E-state index in [2.05, 4.69) is 17.0 Å². The molecule has 1 aliphatic heterocycles. The number of benzene rings is 1. The first-order chi connectivity index (χ1) is 8.61. The smallest absolute Gasteiger partial charge is 0.113 e. The van der Waals surface area contributed by atoms with Gasteiger partial charge in [-0.3, -0.25) is 0 Å². The lowest BCUT2D eigenvalue weighted by Gasteiger charge is -2.38. The second-order valence-corrected chi connectivity index (χ2v) is 5.69. The Hall–Kier alpha value is -1.37. The summed E-state index contributed by atoms with van der Waals surface area (Å²) >= 11 is 0. The molecule has 1 N–H and O–H groups in total. The minimum Gasteiger partial charge on any atom is -0.386 e. The summed E-state index contributed by atoms with van der Waals surface area (Å²) in [6, 6.07) is 10.5. The number of likely N-dealkylation sites (N-methyl/N-ethyl adjacent to an activating group) is 1. The largest absolute Gasteiger partial charge is 0.386 e. The van der Waals surface area contributed by atoms with Crippen molar-refractivity contribution in [2.45, 2.75) is 30.3 Å². The Morgan fingerprint density at radius 3 is 2.78 bits per heavy atom. The van der Waals surface area contributed by atoms with Gasteiger partial charge in [0.2, 0.25) is 0 Å². The number of nitrogens with zero attached hydrogens (tertiary/aromatic N) is 2. The van der Waals surface area contributed by atoms with Gasteiger partial charge < -0.3 is 10.0 Å². The van der Waals surface area contributed by atoms with Crippen LogP contribution in [0.4, 0.5) is 0 Å². The van der Waals surface area contributed by atoms with E-state index < -0.39 is 11.0 Å². The van der Waals surface area contributed by atoms with Crippen LogP contribution in [-0.2, 0) is 11.8 Å². The van der Waals surface area contributed by atoms with Crippen LogP contribution in [0.25, 0.3) is 0 Å². The average Bonchev–Trinajstić information content (AvgIpc) is 2.92. The number of hydrogen-bond donors (Lipinski definition) is 1. The fourth-order valence-electron chi connectivity index (χ4n) is 3.64. The highest BCUT2D eigenvalue weighted by molar-refractivity contribution is 5.48. The Bertz CT molecular complexity index is 521. The molecule has 0 radical (unpaired) electrons. The predicted octanol–water partition coefficient (Wildman–Crippen LogP) is 1.46. The molecule has 1 saturated heterocycles. The summed E-state index contributed by atoms with van der Waals surface area (Å²) in [5.41, 5.74) is 0.657. The molecule has 0 saturated carbocycles. The first-order valence-corrected chi connectivity index (χ1v) is 6.52. The number of aryl methyl sites for hydroxylation is 1. The lowest BCUT2D eigenvalue weighted by molar-refractivity contribution is -0.00543. The van der Waals surface area contributed by atoms with Gasteiger partial charge in [-0.1, -0.05) is 24.3 Å². The molecule has 94 valence electrons. The van der Waals surface area contributed by atoms with E-state index >= 15 is 0 Å². The second kappa shape index (κ2) is 3.81. The van der Waals surface area contributed by atoms with Crippen molar-refractivity contribution < 1.29 is 5.11 Å². The number of rotatable bonds is 1. The molecule has 2 atom stereocenters. The van der Waals surface area contributed by atoms with Gasteiger partial charge in [0.25, 0.3) is 0 Å². The fourth-order valence-corrected chi connectivity index (χ4v) is 3.64. The Kier molecular flexibility index (Phi) is 2.48. The van der Waals surface area contributed by atoms with E-state index in [1.807, 2.05) is 25.2 Å². The summed E-state index contributed by atoms with van der Waals surface area (Å²) in [7, 11) is 2.00. The van der Waals surface area contributed by atoms with Crippen molar-refractivity contribution in [3.8, 4) is 6.07 Å². The van der Waals surface area contributed by atoms with E-state index in [-0.39, 0.29) is 0 Å². The normalized spacial score (nSPS) is 35.4. The van der Waals surface area contributed by atoms with Crippen LogP contribution >= 0.6 is 0 Å². The highest BCUT2D eigenvalue weighted by Gasteiger charge is 2.57. The van der Waals surface area contributed by atoms with Crippen molar-refractivity contribution in [3.63, 3.8) is 0 Å². The summed E-state index contributed by atoms with van der Waals surface area (Å²) in [4.78, 5) is 2.11. The van der Waals surface area contributed by atoms with Crippen molar-refractivity contribution in [2.75, 3.05) is 20.1 Å². The minimum atomic E-state index is -0.900. The lowest BCUT2D eigenvalue weighted by Crippen LogP contribution is -2.51. The van der Waals surface area contributed by atoms with Crippen LogP contribution in [0.15, 0.2) is 24.3 Å². The molecule has 0 bridgehead atoms. The minimum absolute atomic E-state index is 0.592. The SMILES string of the molecule is CN1CCC(O)(C2(C#N)CCc3ccccc32)C1. The quantitative estimate of drug-likeness (QED) is 0.811. The van der Waals surface area contributed by atoms with Crippen molar-refractivity contribution in [2.24, 2.45) is 0 Å². The lowest BCUT2D eigenvalue weighted by atomic mass is 9.68. The van der Waals surface area contributed by atoms with Gasteiger partial charge in [0, 0.05) is 13.1 Å². The summed E-state index contributed by atoms with van der Waals surface area (Å²) in [5.74, 6) is 0. The third-order valence-electron chi connectivity index (χ3n) is 4.67. The zero-order chi connectivity index (χ0) is 12.8. The molecule has 3 rings (SSSR count). The molecule has 1 aliphatic carbocycles. The molecule has 2 unspecified atom stereocenters. The summed E-state index contributed by atoms with van der Waals surface area (Å²) in [6.07, 6.45) is 2.33. The first-order valence-electron chi connectivity index (χ1n) is 6.52. The van der Waals surface area contributed by atoms with Gasteiger partial charge in [0.1, 0.15) is 11.0 Å². The van der Waals surface area contributed by atoms with E-state index in [4.69, 9.17) is 0 Å². The highest BCUT2D eigenvalue weighted by Crippen LogP contribution is 2.49. The predicted molar refractivity (Wildman–Crippen MR) is 69.1 cm³/mol. The van der Waals surface area contributed by atoms with E-state index in [9.17, 15) is 10.4 Å². The molecule has 1 aromatic rings. The van der Waals surface area contributed by atoms with Crippen LogP contribution in [0.3, 0.4) is 0 Å². The zero-order valence-electron chi connectivity index (χ0n) is 10.7. The van der Waals surface area contributed by atoms with Crippen LogP contribution in [0, 0.1) is 11.3 Å². The molecule has 3 heteroatoms. The molecule has 0 spiro atoms. The van der Waals surface area contributed by atoms with Gasteiger partial charge in [-0.15, -0.1) is 0 Å². The van der Waals surface area contributed by atoms with Crippen LogP contribution < -0.4 is 0 Å². The Morgan fingerprint density at radius 2 is 2.11 bits per heavy atom. The number of aliphatic hydroxyl groups is 1. The van der Waals surface area contributed by atoms with Gasteiger partial charge in [-0.2, -0.15) is 5.26 Å². The van der Waals surface area contributed by atoms with Gasteiger partial charge in [-0.25, -0.2) is 0 Å². The number of fused-ring (bicyclic) bond motifs is 1. The average molecular weight is 242 g/mol. The summed E-state index contributed by atoms with van der Waals surface area (Å²) < 4.78 is 0. The Labute approximate surface area is 108 Å². The maximum Gasteiger partial charge on any atom is 0.113 e. The molecule has 1 fully saturated rings. The van der Waals surface area contributed by atoms with Crippen molar-refractivity contribution >= 4 is 0 Å². The van der Waals surface area contributed by atoms with Crippen molar-refractivity contribution in [1.29, 1.82) is 5.26 Å². The molecule has 1 aromatic carbocycles. The molecule has 3 nitrogen and oxygen atoms in total. The number of hydrogen-bond acceptors (Lipinski definition) is 3. The van der Waals surface area contributed by atoms with E-state index in [1.165, 1.54) is 5.56 Å². The second-order valence-electron chi connectivity index (χ2n) is 5.69. The molecule has 0 amide bonds. The molecule has 18 heavy (non-hydrogen) atoms. The van der Waals surface area contributed by atoms with Crippen LogP contribution in [0.1, 0.15) is 24.0 Å². The van der Waals surface area contributed by atoms with Crippen LogP contribution in [0.2, 0.25) is 0 Å². The fraction of sp³-hybridized carbons (Fsp3) is 0.533. The van der Waals surface area contributed by atoms with Gasteiger partial charge >= 0.3 is 0 Å². The third-order valence-corrected chi connectivity index (χ3v) is 4.67. The molecule has 0 aromatic heterocycles. The van der Waals surface area contributed by atoms with E-state index in [0.717, 1.165) is 24.9 Å². The van der Waals surface area contributed by atoms with E-state index in [0.29, 0.717) is 13.0 Å². The molecule has 1 heterocycles. The van der Waals surface area contributed by atoms with Gasteiger partial charge in [0.05, 0.1) is 6.07 Å².